The molecule has 5 atom stereocenters. The Labute approximate surface area is 163 Å². The zero-order chi connectivity index (χ0) is 18.6. The molecular formula is C24H29BO2. The molecule has 0 radical (unpaired) electrons. The van der Waals surface area contributed by atoms with E-state index in [1.54, 1.807) is 11.1 Å². The topological polar surface area (TPSA) is 40.5 Å². The van der Waals surface area contributed by atoms with Crippen LogP contribution in [0, 0.1) is 17.3 Å². The highest BCUT2D eigenvalue weighted by Crippen LogP contribution is 2.66. The molecule has 4 aliphatic rings. The zero-order valence-electron chi connectivity index (χ0n) is 16.2. The van der Waals surface area contributed by atoms with Gasteiger partial charge in [-0.15, -0.1) is 0 Å². The molecule has 2 fully saturated rings. The van der Waals surface area contributed by atoms with Crippen LogP contribution in [0.25, 0.3) is 0 Å². The number of rotatable bonds is 2. The summed E-state index contributed by atoms with van der Waals surface area (Å²) < 4.78 is 0. The Morgan fingerprint density at radius 3 is 2.74 bits per heavy atom. The van der Waals surface area contributed by atoms with E-state index in [-0.39, 0.29) is 16.8 Å². The van der Waals surface area contributed by atoms with Crippen LogP contribution in [-0.4, -0.2) is 24.2 Å². The molecule has 0 amide bonds. The second-order valence-electron chi connectivity index (χ2n) is 9.56. The van der Waals surface area contributed by atoms with E-state index < -0.39 is 0 Å². The van der Waals surface area contributed by atoms with Crippen molar-refractivity contribution in [1.29, 1.82) is 0 Å². The molecule has 27 heavy (non-hydrogen) atoms. The lowest BCUT2D eigenvalue weighted by molar-refractivity contribution is 0.146. The smallest absolute Gasteiger partial charge is 0.115 e. The first-order valence-corrected chi connectivity index (χ1v) is 10.5. The molecule has 4 aliphatic carbocycles. The van der Waals surface area contributed by atoms with Crippen molar-refractivity contribution in [2.75, 3.05) is 0 Å². The quantitative estimate of drug-likeness (QED) is 0.610. The molecule has 0 spiro atoms. The Morgan fingerprint density at radius 2 is 1.93 bits per heavy atom. The van der Waals surface area contributed by atoms with E-state index in [2.05, 4.69) is 50.3 Å². The fourth-order valence-corrected chi connectivity index (χ4v) is 6.83. The number of aliphatic hydroxyl groups excluding tert-OH is 2. The third-order valence-electron chi connectivity index (χ3n) is 8.05. The normalized spacial score (nSPS) is 40.2. The lowest BCUT2D eigenvalue weighted by Crippen LogP contribution is -2.42. The molecule has 1 aromatic carbocycles. The fourth-order valence-electron chi connectivity index (χ4n) is 6.83. The Balaban J connectivity index is 1.57. The zero-order valence-corrected chi connectivity index (χ0v) is 16.2. The van der Waals surface area contributed by atoms with Crippen LogP contribution in [0.5, 0.6) is 0 Å². The first-order valence-electron chi connectivity index (χ1n) is 10.5. The highest BCUT2D eigenvalue weighted by Gasteiger charge is 2.54. The molecule has 0 aromatic heterocycles. The Hall–Kier alpha value is -1.74. The monoisotopic (exact) mass is 360 g/mol. The van der Waals surface area contributed by atoms with E-state index in [0.29, 0.717) is 17.6 Å². The maximum absolute atomic E-state index is 10.7. The average molecular weight is 360 g/mol. The standard InChI is InChI=1S/C24H29BO2/c25-24-11-10-23(14-16-4-2-1-3-5-16)15-19(27)13-22(23)21(24)8-6-17-12-18(26)7-9-20(17)24/h1-5,7,9,12,17,19-20,26-27H,6,8,10-11,13-15,25H2/t17?,19-,20?,23?,24+/m1/s1. The molecule has 3 unspecified atom stereocenters. The van der Waals surface area contributed by atoms with Crippen LogP contribution in [0.2, 0.25) is 5.31 Å². The van der Waals surface area contributed by atoms with Crippen LogP contribution in [0.3, 0.4) is 0 Å². The molecule has 2 N–H and O–H groups in total. The van der Waals surface area contributed by atoms with Crippen molar-refractivity contribution in [3.63, 3.8) is 0 Å². The summed E-state index contributed by atoms with van der Waals surface area (Å²) in [5.41, 5.74) is 4.77. The lowest BCUT2D eigenvalue weighted by Gasteiger charge is -2.54. The number of hydrogen-bond donors (Lipinski definition) is 2. The van der Waals surface area contributed by atoms with Crippen molar-refractivity contribution in [2.24, 2.45) is 17.3 Å². The van der Waals surface area contributed by atoms with Crippen LogP contribution in [0.15, 0.2) is 65.5 Å². The second-order valence-corrected chi connectivity index (χ2v) is 9.56. The minimum absolute atomic E-state index is 0.152. The summed E-state index contributed by atoms with van der Waals surface area (Å²) in [7, 11) is 2.45. The molecule has 2 saturated carbocycles. The Bertz CT molecular complexity index is 839. The van der Waals surface area contributed by atoms with Gasteiger partial charge >= 0.3 is 0 Å². The van der Waals surface area contributed by atoms with E-state index in [1.807, 2.05) is 6.08 Å². The fraction of sp³-hybridized carbons (Fsp3) is 0.500. The molecule has 5 rings (SSSR count). The number of allylic oxidation sites excluding steroid dienone is 4. The molecule has 2 nitrogen and oxygen atoms in total. The van der Waals surface area contributed by atoms with Crippen molar-refractivity contribution in [3.05, 3.63) is 71.0 Å². The number of hydrogen-bond acceptors (Lipinski definition) is 2. The van der Waals surface area contributed by atoms with Gasteiger partial charge in [0.15, 0.2) is 0 Å². The van der Waals surface area contributed by atoms with Gasteiger partial charge in [0.05, 0.1) is 6.10 Å². The van der Waals surface area contributed by atoms with Crippen LogP contribution in [0.1, 0.15) is 44.1 Å². The van der Waals surface area contributed by atoms with Crippen LogP contribution in [-0.2, 0) is 6.42 Å². The minimum atomic E-state index is -0.192. The van der Waals surface area contributed by atoms with Gasteiger partial charge in [-0.25, -0.2) is 0 Å². The predicted octanol–water partition coefficient (Wildman–Crippen LogP) is 4.29. The molecule has 140 valence electrons. The van der Waals surface area contributed by atoms with Crippen LogP contribution < -0.4 is 0 Å². The molecule has 1 aromatic rings. The van der Waals surface area contributed by atoms with E-state index in [0.717, 1.165) is 32.1 Å². The van der Waals surface area contributed by atoms with E-state index in [1.165, 1.54) is 18.4 Å². The molecule has 0 heterocycles. The van der Waals surface area contributed by atoms with E-state index in [9.17, 15) is 10.2 Å². The Kier molecular flexibility index (Phi) is 3.95. The van der Waals surface area contributed by atoms with Crippen molar-refractivity contribution >= 4 is 7.85 Å². The highest BCUT2D eigenvalue weighted by atomic mass is 16.3. The summed E-state index contributed by atoms with van der Waals surface area (Å²) in [6.07, 6.45) is 13.5. The maximum Gasteiger partial charge on any atom is 0.115 e. The number of aliphatic hydroxyl groups is 2. The largest absolute Gasteiger partial charge is 0.508 e. The van der Waals surface area contributed by atoms with E-state index in [4.69, 9.17) is 0 Å². The summed E-state index contributed by atoms with van der Waals surface area (Å²) in [6.45, 7) is 0. The van der Waals surface area contributed by atoms with Gasteiger partial charge in [0, 0.05) is 0 Å². The third-order valence-corrected chi connectivity index (χ3v) is 8.05. The van der Waals surface area contributed by atoms with Crippen LogP contribution >= 0.6 is 0 Å². The summed E-state index contributed by atoms with van der Waals surface area (Å²) >= 11 is 0. The molecular weight excluding hydrogens is 331 g/mol. The summed E-state index contributed by atoms with van der Waals surface area (Å²) in [6, 6.07) is 10.8. The number of benzene rings is 1. The average Bonchev–Trinajstić information content (AvgIpc) is 2.98. The van der Waals surface area contributed by atoms with Gasteiger partial charge in [0.25, 0.3) is 0 Å². The van der Waals surface area contributed by atoms with Crippen molar-refractivity contribution in [1.82, 2.24) is 0 Å². The summed E-state index contributed by atoms with van der Waals surface area (Å²) in [5.74, 6) is 1.37. The van der Waals surface area contributed by atoms with Gasteiger partial charge < -0.3 is 10.2 Å². The SMILES string of the molecule is B[C@]12CCC3(Cc4ccccc4)C[C@H](O)CC3=C1CCC1C=C(O)C=CC12. The van der Waals surface area contributed by atoms with Gasteiger partial charge in [-0.1, -0.05) is 47.6 Å². The van der Waals surface area contributed by atoms with Gasteiger partial charge in [0.2, 0.25) is 0 Å². The van der Waals surface area contributed by atoms with Crippen molar-refractivity contribution < 1.29 is 10.2 Å². The summed E-state index contributed by atoms with van der Waals surface area (Å²) in [5, 5.41) is 20.8. The predicted molar refractivity (Wildman–Crippen MR) is 111 cm³/mol. The van der Waals surface area contributed by atoms with E-state index >= 15 is 0 Å². The first-order chi connectivity index (χ1) is 13.0. The second kappa shape index (κ2) is 6.14. The summed E-state index contributed by atoms with van der Waals surface area (Å²) in [4.78, 5) is 0. The van der Waals surface area contributed by atoms with Gasteiger partial charge in [-0.05, 0) is 85.2 Å². The minimum Gasteiger partial charge on any atom is -0.508 e. The maximum atomic E-state index is 10.7. The first kappa shape index (κ1) is 17.4. The molecule has 3 heteroatoms. The van der Waals surface area contributed by atoms with Gasteiger partial charge in [-0.3, -0.25) is 0 Å². The molecule has 0 saturated heterocycles. The van der Waals surface area contributed by atoms with Crippen molar-refractivity contribution in [3.8, 4) is 0 Å². The van der Waals surface area contributed by atoms with Crippen LogP contribution in [0.4, 0.5) is 0 Å². The molecule has 0 bridgehead atoms. The third kappa shape index (κ3) is 2.66. The lowest BCUT2D eigenvalue weighted by atomic mass is 9.42. The number of fused-ring (bicyclic) bond motifs is 4. The Morgan fingerprint density at radius 1 is 1.11 bits per heavy atom. The van der Waals surface area contributed by atoms with Crippen molar-refractivity contribution in [2.45, 2.75) is 56.4 Å². The molecule has 0 aliphatic heterocycles. The van der Waals surface area contributed by atoms with Gasteiger partial charge in [0.1, 0.15) is 13.6 Å². The van der Waals surface area contributed by atoms with Gasteiger partial charge in [-0.2, -0.15) is 0 Å². The highest BCUT2D eigenvalue weighted by molar-refractivity contribution is 6.18.